The molecule has 0 bridgehead atoms. The van der Waals surface area contributed by atoms with E-state index in [-0.39, 0.29) is 17.7 Å². The van der Waals surface area contributed by atoms with Crippen molar-refractivity contribution in [2.45, 2.75) is 32.7 Å². The molecular weight excluding hydrogens is 344 g/mol. The van der Waals surface area contributed by atoms with Gasteiger partial charge in [0.15, 0.2) is 5.78 Å². The number of aromatic nitrogens is 2. The normalized spacial score (nSPS) is 11.7. The lowest BCUT2D eigenvalue weighted by molar-refractivity contribution is 0.0974. The molecule has 4 aromatic rings. The molecule has 0 unspecified atom stereocenters. The molecule has 4 rings (SSSR count). The molecule has 3 heteroatoms. The fourth-order valence-electron chi connectivity index (χ4n) is 3.43. The maximum Gasteiger partial charge on any atom is 0.182 e. The van der Waals surface area contributed by atoms with Crippen molar-refractivity contribution in [1.29, 1.82) is 0 Å². The minimum atomic E-state index is 0.0799. The number of fused-ring (bicyclic) bond motifs is 1. The Bertz CT molecular complexity index is 1120. The summed E-state index contributed by atoms with van der Waals surface area (Å²) in [5.74, 6) is 0.905. The number of hydrogen-bond donors (Lipinski definition) is 0. The molecule has 0 N–H and O–H groups in total. The first-order valence-corrected chi connectivity index (χ1v) is 9.58. The van der Waals surface area contributed by atoms with E-state index < -0.39 is 0 Å². The van der Waals surface area contributed by atoms with Gasteiger partial charge >= 0.3 is 0 Å². The minimum absolute atomic E-state index is 0.0799. The second kappa shape index (κ2) is 7.08. The van der Waals surface area contributed by atoms with Gasteiger partial charge in [0.1, 0.15) is 5.82 Å². The number of nitrogens with zero attached hydrogens (tertiary/aromatic N) is 2. The maximum atomic E-state index is 12.9. The van der Waals surface area contributed by atoms with Crippen molar-refractivity contribution in [3.05, 3.63) is 90.0 Å². The van der Waals surface area contributed by atoms with Crippen LogP contribution < -0.4 is 0 Å². The molecule has 0 fully saturated rings. The van der Waals surface area contributed by atoms with E-state index in [9.17, 15) is 4.79 Å². The van der Waals surface area contributed by atoms with Crippen LogP contribution in [0.3, 0.4) is 0 Å². The number of carbonyl (C=O) groups is 1. The van der Waals surface area contributed by atoms with Crippen LogP contribution >= 0.6 is 0 Å². The molecule has 0 saturated carbocycles. The van der Waals surface area contributed by atoms with Crippen molar-refractivity contribution >= 4 is 16.8 Å². The Morgan fingerprint density at radius 1 is 0.857 bits per heavy atom. The quantitative estimate of drug-likeness (QED) is 0.421. The SMILES string of the molecule is CC(C)(C)c1ccc(-c2nc3ccccc3n2CC(=O)c2ccccc2)cc1. The molecule has 28 heavy (non-hydrogen) atoms. The van der Waals surface area contributed by atoms with Crippen LogP contribution in [0.15, 0.2) is 78.9 Å². The zero-order chi connectivity index (χ0) is 19.7. The highest BCUT2D eigenvalue weighted by atomic mass is 16.1. The zero-order valence-corrected chi connectivity index (χ0v) is 16.5. The van der Waals surface area contributed by atoms with Crippen molar-refractivity contribution in [3.8, 4) is 11.4 Å². The topological polar surface area (TPSA) is 34.9 Å². The Hall–Kier alpha value is -3.20. The molecule has 0 radical (unpaired) electrons. The molecule has 0 saturated heterocycles. The number of Topliss-reactive ketones (excluding diaryl/α,β-unsaturated/α-hetero) is 1. The number of benzene rings is 3. The number of para-hydroxylation sites is 2. The lowest BCUT2D eigenvalue weighted by atomic mass is 9.87. The van der Waals surface area contributed by atoms with E-state index in [4.69, 9.17) is 4.98 Å². The summed E-state index contributed by atoms with van der Waals surface area (Å²) >= 11 is 0. The molecule has 0 aliphatic rings. The highest BCUT2D eigenvalue weighted by Gasteiger charge is 2.18. The van der Waals surface area contributed by atoms with Gasteiger partial charge in [0.2, 0.25) is 0 Å². The van der Waals surface area contributed by atoms with Gasteiger partial charge in [-0.1, -0.05) is 87.5 Å². The lowest BCUT2D eigenvalue weighted by Crippen LogP contribution is -2.12. The standard InChI is InChI=1S/C25H24N2O/c1-25(2,3)20-15-13-19(14-16-20)24-26-21-11-7-8-12-22(21)27(24)17-23(28)18-9-5-4-6-10-18/h4-16H,17H2,1-3H3. The molecule has 0 amide bonds. The van der Waals surface area contributed by atoms with Crippen LogP contribution in [-0.2, 0) is 12.0 Å². The van der Waals surface area contributed by atoms with Crippen molar-refractivity contribution in [2.75, 3.05) is 0 Å². The van der Waals surface area contributed by atoms with Gasteiger partial charge in [-0.2, -0.15) is 0 Å². The first-order valence-electron chi connectivity index (χ1n) is 9.58. The summed E-state index contributed by atoms with van der Waals surface area (Å²) in [7, 11) is 0. The number of imidazole rings is 1. The van der Waals surface area contributed by atoms with Crippen LogP contribution in [0.1, 0.15) is 36.7 Å². The fourth-order valence-corrected chi connectivity index (χ4v) is 3.43. The first-order chi connectivity index (χ1) is 13.4. The number of carbonyl (C=O) groups excluding carboxylic acids is 1. The molecule has 140 valence electrons. The molecule has 0 aliphatic heterocycles. The summed E-state index contributed by atoms with van der Waals surface area (Å²) < 4.78 is 2.02. The second-order valence-electron chi connectivity index (χ2n) is 8.13. The molecular formula is C25H24N2O. The predicted molar refractivity (Wildman–Crippen MR) is 115 cm³/mol. The van der Waals surface area contributed by atoms with Gasteiger partial charge in [-0.3, -0.25) is 4.79 Å². The van der Waals surface area contributed by atoms with Crippen LogP contribution in [0.5, 0.6) is 0 Å². The van der Waals surface area contributed by atoms with Crippen molar-refractivity contribution in [2.24, 2.45) is 0 Å². The van der Waals surface area contributed by atoms with Gasteiger partial charge in [-0.25, -0.2) is 4.98 Å². The van der Waals surface area contributed by atoms with E-state index >= 15 is 0 Å². The summed E-state index contributed by atoms with van der Waals surface area (Å²) in [6.07, 6.45) is 0. The van der Waals surface area contributed by atoms with Gasteiger partial charge in [0.25, 0.3) is 0 Å². The highest BCUT2D eigenvalue weighted by Crippen LogP contribution is 2.28. The molecule has 0 spiro atoms. The summed E-state index contributed by atoms with van der Waals surface area (Å²) in [5, 5.41) is 0. The van der Waals surface area contributed by atoms with Crippen LogP contribution in [0, 0.1) is 0 Å². The third kappa shape index (κ3) is 3.48. The van der Waals surface area contributed by atoms with E-state index in [0.29, 0.717) is 5.56 Å². The zero-order valence-electron chi connectivity index (χ0n) is 16.5. The molecule has 0 aliphatic carbocycles. The van der Waals surface area contributed by atoms with E-state index in [2.05, 4.69) is 45.0 Å². The van der Waals surface area contributed by atoms with Crippen LogP contribution in [0.25, 0.3) is 22.4 Å². The Kier molecular flexibility index (Phi) is 4.60. The van der Waals surface area contributed by atoms with Gasteiger partial charge in [0, 0.05) is 11.1 Å². The molecule has 3 nitrogen and oxygen atoms in total. The van der Waals surface area contributed by atoms with Crippen molar-refractivity contribution < 1.29 is 4.79 Å². The summed E-state index contributed by atoms with van der Waals surface area (Å²) in [4.78, 5) is 17.7. The largest absolute Gasteiger partial charge is 0.316 e. The first kappa shape index (κ1) is 18.2. The lowest BCUT2D eigenvalue weighted by Gasteiger charge is -2.19. The van der Waals surface area contributed by atoms with E-state index in [1.165, 1.54) is 5.56 Å². The number of hydrogen-bond acceptors (Lipinski definition) is 2. The fraction of sp³-hybridized carbons (Fsp3) is 0.200. The molecule has 1 heterocycles. The Morgan fingerprint density at radius 2 is 1.50 bits per heavy atom. The predicted octanol–water partition coefficient (Wildman–Crippen LogP) is 5.88. The maximum absolute atomic E-state index is 12.9. The highest BCUT2D eigenvalue weighted by molar-refractivity contribution is 5.97. The smallest absolute Gasteiger partial charge is 0.182 e. The van der Waals surface area contributed by atoms with Gasteiger partial charge < -0.3 is 4.57 Å². The average molecular weight is 368 g/mol. The Balaban J connectivity index is 1.78. The molecule has 1 aromatic heterocycles. The summed E-state index contributed by atoms with van der Waals surface area (Å²) in [6, 6.07) is 25.9. The Labute approximate surface area is 165 Å². The van der Waals surface area contributed by atoms with E-state index in [1.807, 2.05) is 59.2 Å². The van der Waals surface area contributed by atoms with Gasteiger partial charge in [-0.05, 0) is 23.1 Å². The monoisotopic (exact) mass is 368 g/mol. The van der Waals surface area contributed by atoms with E-state index in [0.717, 1.165) is 22.4 Å². The number of ketones is 1. The third-order valence-corrected chi connectivity index (χ3v) is 5.06. The average Bonchev–Trinajstić information content (AvgIpc) is 3.06. The second-order valence-corrected chi connectivity index (χ2v) is 8.13. The Morgan fingerprint density at radius 3 is 2.18 bits per heavy atom. The van der Waals surface area contributed by atoms with Crippen LogP contribution in [0.2, 0.25) is 0 Å². The minimum Gasteiger partial charge on any atom is -0.316 e. The van der Waals surface area contributed by atoms with Gasteiger partial charge in [-0.15, -0.1) is 0 Å². The third-order valence-electron chi connectivity index (χ3n) is 5.06. The van der Waals surface area contributed by atoms with E-state index in [1.54, 1.807) is 0 Å². The van der Waals surface area contributed by atoms with Crippen molar-refractivity contribution in [1.82, 2.24) is 9.55 Å². The van der Waals surface area contributed by atoms with Crippen LogP contribution in [-0.4, -0.2) is 15.3 Å². The molecule has 0 atom stereocenters. The van der Waals surface area contributed by atoms with Crippen molar-refractivity contribution in [3.63, 3.8) is 0 Å². The summed E-state index contributed by atoms with van der Waals surface area (Å²) in [6.45, 7) is 6.88. The van der Waals surface area contributed by atoms with Gasteiger partial charge in [0.05, 0.1) is 17.6 Å². The number of rotatable bonds is 4. The summed E-state index contributed by atoms with van der Waals surface area (Å²) in [5.41, 5.74) is 4.99. The van der Waals surface area contributed by atoms with Crippen LogP contribution in [0.4, 0.5) is 0 Å². The molecule has 3 aromatic carbocycles.